The van der Waals surface area contributed by atoms with Crippen molar-refractivity contribution >= 4 is 28.7 Å². The maximum absolute atomic E-state index is 13.9. The molecule has 2 atom stereocenters. The van der Waals surface area contributed by atoms with Crippen LogP contribution in [0, 0.1) is 17.6 Å². The van der Waals surface area contributed by atoms with Crippen LogP contribution in [-0.2, 0) is 11.3 Å². The fourth-order valence-corrected chi connectivity index (χ4v) is 6.00. The topological polar surface area (TPSA) is 85.4 Å². The molecule has 1 saturated carbocycles. The van der Waals surface area contributed by atoms with E-state index in [4.69, 9.17) is 5.10 Å². The summed E-state index contributed by atoms with van der Waals surface area (Å²) >= 11 is 0. The van der Waals surface area contributed by atoms with Crippen LogP contribution in [0.25, 0.3) is 22.8 Å². The van der Waals surface area contributed by atoms with Gasteiger partial charge in [-0.1, -0.05) is 42.5 Å². The monoisotopic (exact) mass is 576 g/mol. The van der Waals surface area contributed by atoms with E-state index >= 15 is 0 Å². The average Bonchev–Trinajstić information content (AvgIpc) is 3.64. The summed E-state index contributed by atoms with van der Waals surface area (Å²) in [6, 6.07) is 21.2. The molecule has 10 heteroatoms. The summed E-state index contributed by atoms with van der Waals surface area (Å²) in [7, 11) is 0. The van der Waals surface area contributed by atoms with Crippen molar-refractivity contribution in [1.82, 2.24) is 24.3 Å². The maximum Gasteiger partial charge on any atom is 0.264 e. The van der Waals surface area contributed by atoms with Crippen LogP contribution in [0.5, 0.6) is 0 Å². The number of hydrogen-bond acceptors (Lipinski definition) is 5. The van der Waals surface area contributed by atoms with Crippen LogP contribution >= 0.6 is 0 Å². The van der Waals surface area contributed by atoms with Gasteiger partial charge in [0.15, 0.2) is 5.65 Å². The maximum atomic E-state index is 13.9. The lowest BCUT2D eigenvalue weighted by molar-refractivity contribution is -0.134. The molecular weight excluding hydrogens is 550 g/mol. The molecule has 7 rings (SSSR count). The summed E-state index contributed by atoms with van der Waals surface area (Å²) < 4.78 is 30.2. The van der Waals surface area contributed by atoms with Gasteiger partial charge < -0.3 is 0 Å². The highest BCUT2D eigenvalue weighted by molar-refractivity contribution is 6.08. The Labute approximate surface area is 245 Å². The Kier molecular flexibility index (Phi) is 6.73. The van der Waals surface area contributed by atoms with E-state index in [1.54, 1.807) is 28.9 Å². The minimum atomic E-state index is -0.465. The van der Waals surface area contributed by atoms with Crippen LogP contribution in [0.2, 0.25) is 0 Å². The van der Waals surface area contributed by atoms with Gasteiger partial charge in [0.2, 0.25) is 0 Å². The lowest BCUT2D eigenvalue weighted by Crippen LogP contribution is -2.36. The van der Waals surface area contributed by atoms with Crippen molar-refractivity contribution in [2.45, 2.75) is 31.8 Å². The first kappa shape index (κ1) is 26.6. The highest BCUT2D eigenvalue weighted by Gasteiger charge is 2.43. The number of para-hydroxylation sites is 1. The number of hydrazone groups is 1. The Morgan fingerprint density at radius 3 is 2.42 bits per heavy atom. The molecule has 1 aliphatic carbocycles. The van der Waals surface area contributed by atoms with Gasteiger partial charge in [0.1, 0.15) is 29.9 Å². The Morgan fingerprint density at radius 2 is 1.67 bits per heavy atom. The Bertz CT molecular complexity index is 1950. The average molecular weight is 577 g/mol. The van der Waals surface area contributed by atoms with E-state index in [0.29, 0.717) is 11.0 Å². The molecule has 0 saturated heterocycles. The summed E-state index contributed by atoms with van der Waals surface area (Å²) in [4.78, 5) is 31.8. The second kappa shape index (κ2) is 10.9. The highest BCUT2D eigenvalue weighted by Crippen LogP contribution is 2.44. The molecule has 2 aliphatic rings. The van der Waals surface area contributed by atoms with Gasteiger partial charge >= 0.3 is 0 Å². The van der Waals surface area contributed by atoms with Crippen LogP contribution < -0.4 is 5.56 Å². The first-order chi connectivity index (χ1) is 21.0. The summed E-state index contributed by atoms with van der Waals surface area (Å²) in [5.41, 5.74) is 4.12. The van der Waals surface area contributed by atoms with Crippen molar-refractivity contribution in [3.8, 4) is 5.69 Å². The van der Waals surface area contributed by atoms with Crippen molar-refractivity contribution in [3.05, 3.63) is 130 Å². The highest BCUT2D eigenvalue weighted by atomic mass is 19.1. The largest absolute Gasteiger partial charge is 0.289 e. The third-order valence-corrected chi connectivity index (χ3v) is 8.04. The Balaban J connectivity index is 1.24. The first-order valence-corrected chi connectivity index (χ1v) is 14.1. The summed E-state index contributed by atoms with van der Waals surface area (Å²) in [5, 5.41) is 10.9. The number of allylic oxidation sites excluding steroid dienone is 1. The quantitative estimate of drug-likeness (QED) is 0.269. The lowest BCUT2D eigenvalue weighted by atomic mass is 9.77. The van der Waals surface area contributed by atoms with E-state index in [0.717, 1.165) is 47.4 Å². The van der Waals surface area contributed by atoms with Crippen LogP contribution in [0.3, 0.4) is 0 Å². The van der Waals surface area contributed by atoms with Crippen molar-refractivity contribution < 1.29 is 13.6 Å². The lowest BCUT2D eigenvalue weighted by Gasteiger charge is -2.29. The number of nitrogens with zero attached hydrogens (tertiary/aromatic N) is 6. The third-order valence-electron chi connectivity index (χ3n) is 8.04. The number of carbonyl (C=O) groups is 1. The number of carbonyl (C=O) groups excluding carboxylic acids is 1. The molecule has 3 aromatic carbocycles. The summed E-state index contributed by atoms with van der Waals surface area (Å²) in [5.74, 6) is -1.19. The van der Waals surface area contributed by atoms with E-state index < -0.39 is 11.9 Å². The predicted octanol–water partition coefficient (Wildman–Crippen LogP) is 5.68. The molecule has 214 valence electrons. The number of halogens is 2. The molecule has 2 aromatic heterocycles. The van der Waals surface area contributed by atoms with Gasteiger partial charge in [-0.3, -0.25) is 14.2 Å². The van der Waals surface area contributed by atoms with Gasteiger partial charge in [0.05, 0.1) is 23.6 Å². The summed E-state index contributed by atoms with van der Waals surface area (Å²) in [6.07, 6.45) is 7.21. The molecule has 0 N–H and O–H groups in total. The van der Waals surface area contributed by atoms with Gasteiger partial charge in [-0.2, -0.15) is 10.2 Å². The van der Waals surface area contributed by atoms with Crippen LogP contribution in [0.15, 0.2) is 107 Å². The zero-order valence-electron chi connectivity index (χ0n) is 23.0. The molecule has 1 amide bonds. The van der Waals surface area contributed by atoms with Gasteiger partial charge in [0, 0.05) is 5.92 Å². The first-order valence-electron chi connectivity index (χ1n) is 14.1. The molecule has 3 heterocycles. The van der Waals surface area contributed by atoms with Crippen molar-refractivity contribution in [1.29, 1.82) is 0 Å². The molecule has 5 aromatic rings. The van der Waals surface area contributed by atoms with Gasteiger partial charge in [0.25, 0.3) is 11.5 Å². The molecule has 0 bridgehead atoms. The molecule has 0 radical (unpaired) electrons. The molecule has 1 fully saturated rings. The zero-order valence-corrected chi connectivity index (χ0v) is 23.0. The fourth-order valence-electron chi connectivity index (χ4n) is 6.00. The second-order valence-corrected chi connectivity index (χ2v) is 10.7. The molecular formula is C33H26F2N6O2. The van der Waals surface area contributed by atoms with Gasteiger partial charge in [-0.25, -0.2) is 23.5 Å². The van der Waals surface area contributed by atoms with Crippen LogP contribution in [-0.4, -0.2) is 36.0 Å². The van der Waals surface area contributed by atoms with Gasteiger partial charge in [-0.05, 0) is 78.4 Å². The number of fused-ring (bicyclic) bond motifs is 2. The van der Waals surface area contributed by atoms with E-state index in [-0.39, 0.29) is 29.7 Å². The normalized spacial score (nSPS) is 19.1. The van der Waals surface area contributed by atoms with E-state index in [1.165, 1.54) is 46.4 Å². The number of benzene rings is 3. The van der Waals surface area contributed by atoms with Crippen molar-refractivity contribution in [2.75, 3.05) is 0 Å². The number of hydrogen-bond donors (Lipinski definition) is 0. The SMILES string of the molecule is O=C(Cn1cnc2c(cnn2-c2ccccc2)c1=O)N1N=C2/C(=C\c3ccc(F)cc3)CCC[C@H]2[C@@H]1c1ccc(F)cc1. The fraction of sp³-hybridized carbons (Fsp3) is 0.182. The number of rotatable bonds is 5. The van der Waals surface area contributed by atoms with Gasteiger partial charge in [-0.15, -0.1) is 0 Å². The smallest absolute Gasteiger partial charge is 0.264 e. The zero-order chi connectivity index (χ0) is 29.5. The number of amides is 1. The second-order valence-electron chi connectivity index (χ2n) is 10.7. The standard InChI is InChI=1S/C33H26F2N6O2/c34-24-13-9-21(10-14-24)17-23-5-4-8-27-30(23)38-41(31(27)22-11-15-25(35)16-12-22)29(42)19-39-20-36-32-28(33(39)43)18-37-40(32)26-6-2-1-3-7-26/h1-3,6-7,9-18,20,27,31H,4-5,8,19H2/b23-17-/t27-,31+/m1/s1. The summed E-state index contributed by atoms with van der Waals surface area (Å²) in [6.45, 7) is -0.281. The van der Waals surface area contributed by atoms with E-state index in [2.05, 4.69) is 10.1 Å². The minimum absolute atomic E-state index is 0.115. The predicted molar refractivity (Wildman–Crippen MR) is 158 cm³/mol. The molecule has 1 aliphatic heterocycles. The Hall–Kier alpha value is -5.25. The molecule has 8 nitrogen and oxygen atoms in total. The van der Waals surface area contributed by atoms with Crippen LogP contribution in [0.4, 0.5) is 8.78 Å². The minimum Gasteiger partial charge on any atom is -0.289 e. The molecule has 43 heavy (non-hydrogen) atoms. The van der Waals surface area contributed by atoms with Crippen molar-refractivity contribution in [2.24, 2.45) is 11.0 Å². The van der Waals surface area contributed by atoms with E-state index in [1.807, 2.05) is 36.4 Å². The molecule has 0 spiro atoms. The molecule has 0 unspecified atom stereocenters. The third kappa shape index (κ3) is 4.94. The van der Waals surface area contributed by atoms with Crippen LogP contribution in [0.1, 0.15) is 36.4 Å². The number of aromatic nitrogens is 4. The Morgan fingerprint density at radius 1 is 0.953 bits per heavy atom. The van der Waals surface area contributed by atoms with E-state index in [9.17, 15) is 18.4 Å². The van der Waals surface area contributed by atoms with Crippen molar-refractivity contribution in [3.63, 3.8) is 0 Å².